The molecule has 0 unspecified atom stereocenters. The summed E-state index contributed by atoms with van der Waals surface area (Å²) in [5.41, 5.74) is 0.948. The lowest BCUT2D eigenvalue weighted by atomic mass is 10.2. The van der Waals surface area contributed by atoms with Gasteiger partial charge in [0.05, 0.1) is 11.8 Å². The van der Waals surface area contributed by atoms with Gasteiger partial charge >= 0.3 is 0 Å². The summed E-state index contributed by atoms with van der Waals surface area (Å²) in [7, 11) is 0. The zero-order chi connectivity index (χ0) is 15.7. The SMILES string of the molecule is Cc1cc(=O)c(C(=O)N2CC[C@@H](O)C2)nn1-c1ccccc1. The molecule has 6 nitrogen and oxygen atoms in total. The van der Waals surface area contributed by atoms with Gasteiger partial charge in [0.25, 0.3) is 5.91 Å². The molecule has 6 heteroatoms. The highest BCUT2D eigenvalue weighted by molar-refractivity contribution is 5.92. The van der Waals surface area contributed by atoms with Gasteiger partial charge in [-0.2, -0.15) is 5.10 Å². The minimum absolute atomic E-state index is 0.108. The second-order valence-electron chi connectivity index (χ2n) is 5.44. The quantitative estimate of drug-likeness (QED) is 0.888. The Balaban J connectivity index is 2.02. The largest absolute Gasteiger partial charge is 0.391 e. The molecule has 1 saturated heterocycles. The summed E-state index contributed by atoms with van der Waals surface area (Å²) in [4.78, 5) is 26.0. The Hall–Kier alpha value is -2.47. The molecule has 22 heavy (non-hydrogen) atoms. The van der Waals surface area contributed by atoms with Crippen LogP contribution in [0, 0.1) is 6.92 Å². The van der Waals surface area contributed by atoms with Gasteiger partial charge < -0.3 is 10.0 Å². The Labute approximate surface area is 127 Å². The molecule has 1 fully saturated rings. The van der Waals surface area contributed by atoms with E-state index in [4.69, 9.17) is 0 Å². The first-order valence-electron chi connectivity index (χ1n) is 7.20. The summed E-state index contributed by atoms with van der Waals surface area (Å²) in [6.45, 7) is 2.47. The van der Waals surface area contributed by atoms with Gasteiger partial charge in [-0.3, -0.25) is 9.59 Å². The number of amides is 1. The fraction of sp³-hybridized carbons (Fsp3) is 0.312. The third-order valence-electron chi connectivity index (χ3n) is 3.76. The van der Waals surface area contributed by atoms with Crippen LogP contribution in [0.4, 0.5) is 0 Å². The van der Waals surface area contributed by atoms with Crippen molar-refractivity contribution >= 4 is 5.91 Å². The third-order valence-corrected chi connectivity index (χ3v) is 3.76. The van der Waals surface area contributed by atoms with Crippen molar-refractivity contribution in [2.24, 2.45) is 0 Å². The number of benzene rings is 1. The predicted molar refractivity (Wildman–Crippen MR) is 81.1 cm³/mol. The molecule has 1 aromatic heterocycles. The lowest BCUT2D eigenvalue weighted by Crippen LogP contribution is -2.35. The number of nitrogens with zero attached hydrogens (tertiary/aromatic N) is 3. The van der Waals surface area contributed by atoms with Crippen LogP contribution in [0.15, 0.2) is 41.2 Å². The van der Waals surface area contributed by atoms with Crippen LogP contribution in [-0.4, -0.2) is 44.9 Å². The maximum absolute atomic E-state index is 12.4. The van der Waals surface area contributed by atoms with Gasteiger partial charge in [0, 0.05) is 24.8 Å². The van der Waals surface area contributed by atoms with Crippen LogP contribution >= 0.6 is 0 Å². The Morgan fingerprint density at radius 2 is 2.05 bits per heavy atom. The summed E-state index contributed by atoms with van der Waals surface area (Å²) in [6, 6.07) is 10.8. The minimum Gasteiger partial charge on any atom is -0.391 e. The highest BCUT2D eigenvalue weighted by Crippen LogP contribution is 2.12. The summed E-state index contributed by atoms with van der Waals surface area (Å²) in [5.74, 6) is -0.425. The van der Waals surface area contributed by atoms with E-state index in [9.17, 15) is 14.7 Å². The number of carbonyl (C=O) groups is 1. The average Bonchev–Trinajstić information content (AvgIpc) is 2.94. The van der Waals surface area contributed by atoms with Crippen LogP contribution in [0.25, 0.3) is 5.69 Å². The van der Waals surface area contributed by atoms with Gasteiger partial charge in [0.2, 0.25) is 5.43 Å². The second-order valence-corrected chi connectivity index (χ2v) is 5.44. The fourth-order valence-corrected chi connectivity index (χ4v) is 2.60. The highest BCUT2D eigenvalue weighted by Gasteiger charge is 2.28. The van der Waals surface area contributed by atoms with Crippen molar-refractivity contribution < 1.29 is 9.90 Å². The topological polar surface area (TPSA) is 75.4 Å². The first-order chi connectivity index (χ1) is 10.6. The third kappa shape index (κ3) is 2.65. The monoisotopic (exact) mass is 299 g/mol. The van der Waals surface area contributed by atoms with Crippen molar-refractivity contribution in [2.75, 3.05) is 13.1 Å². The Kier molecular flexibility index (Phi) is 3.77. The number of rotatable bonds is 2. The number of β-amino-alcohol motifs (C(OH)–C–C–N with tert-alkyl or cyclic N) is 1. The van der Waals surface area contributed by atoms with Gasteiger partial charge in [0.1, 0.15) is 0 Å². The van der Waals surface area contributed by atoms with Gasteiger partial charge in [-0.05, 0) is 25.5 Å². The molecule has 3 rings (SSSR count). The molecular weight excluding hydrogens is 282 g/mol. The number of carbonyl (C=O) groups excluding carboxylic acids is 1. The van der Waals surface area contributed by atoms with E-state index in [1.54, 1.807) is 11.6 Å². The number of likely N-dealkylation sites (tertiary alicyclic amines) is 1. The van der Waals surface area contributed by atoms with Crippen molar-refractivity contribution in [1.29, 1.82) is 0 Å². The summed E-state index contributed by atoms with van der Waals surface area (Å²) >= 11 is 0. The molecule has 1 aromatic carbocycles. The van der Waals surface area contributed by atoms with E-state index in [0.717, 1.165) is 5.69 Å². The number of aliphatic hydroxyl groups excluding tert-OH is 1. The fourth-order valence-electron chi connectivity index (χ4n) is 2.60. The predicted octanol–water partition coefficient (Wildman–Crippen LogP) is 0.748. The van der Waals surface area contributed by atoms with Crippen molar-refractivity contribution in [2.45, 2.75) is 19.4 Å². The summed E-state index contributed by atoms with van der Waals surface area (Å²) in [6.07, 6.45) is 0.00976. The molecule has 1 amide bonds. The summed E-state index contributed by atoms with van der Waals surface area (Å²) in [5, 5.41) is 13.8. The Bertz CT molecular complexity index is 755. The van der Waals surface area contributed by atoms with E-state index in [-0.39, 0.29) is 12.2 Å². The lowest BCUT2D eigenvalue weighted by molar-refractivity contribution is 0.0756. The molecule has 2 heterocycles. The molecule has 114 valence electrons. The van der Waals surface area contributed by atoms with Crippen molar-refractivity contribution in [1.82, 2.24) is 14.7 Å². The molecule has 1 aliphatic heterocycles. The first kappa shape index (κ1) is 14.5. The first-order valence-corrected chi connectivity index (χ1v) is 7.20. The minimum atomic E-state index is -0.522. The van der Waals surface area contributed by atoms with Crippen LogP contribution in [0.5, 0.6) is 0 Å². The smallest absolute Gasteiger partial charge is 0.278 e. The Morgan fingerprint density at radius 1 is 1.32 bits per heavy atom. The van der Waals surface area contributed by atoms with Crippen LogP contribution in [0.2, 0.25) is 0 Å². The van der Waals surface area contributed by atoms with E-state index in [0.29, 0.717) is 18.7 Å². The highest BCUT2D eigenvalue weighted by atomic mass is 16.3. The summed E-state index contributed by atoms with van der Waals surface area (Å²) < 4.78 is 1.58. The number of para-hydroxylation sites is 1. The Morgan fingerprint density at radius 3 is 2.68 bits per heavy atom. The van der Waals surface area contributed by atoms with Crippen LogP contribution in [-0.2, 0) is 0 Å². The number of aromatic nitrogens is 2. The zero-order valence-electron chi connectivity index (χ0n) is 12.3. The van der Waals surface area contributed by atoms with Gasteiger partial charge in [0.15, 0.2) is 5.69 Å². The molecule has 1 atom stereocenters. The van der Waals surface area contributed by atoms with E-state index >= 15 is 0 Å². The molecule has 0 spiro atoms. The van der Waals surface area contributed by atoms with Crippen LogP contribution in [0.1, 0.15) is 22.6 Å². The van der Waals surface area contributed by atoms with E-state index < -0.39 is 17.4 Å². The van der Waals surface area contributed by atoms with Gasteiger partial charge in [-0.1, -0.05) is 18.2 Å². The van der Waals surface area contributed by atoms with Crippen LogP contribution < -0.4 is 5.43 Å². The number of aliphatic hydroxyl groups is 1. The molecule has 0 aliphatic carbocycles. The number of aryl methyl sites for hydroxylation is 1. The molecule has 0 saturated carbocycles. The van der Waals surface area contributed by atoms with Gasteiger partial charge in [-0.15, -0.1) is 0 Å². The van der Waals surface area contributed by atoms with Crippen molar-refractivity contribution in [3.8, 4) is 5.69 Å². The van der Waals surface area contributed by atoms with E-state index in [2.05, 4.69) is 5.10 Å². The number of hydrogen-bond acceptors (Lipinski definition) is 4. The molecule has 0 radical (unpaired) electrons. The molecule has 2 aromatic rings. The molecule has 1 aliphatic rings. The lowest BCUT2D eigenvalue weighted by Gasteiger charge is -2.16. The maximum Gasteiger partial charge on any atom is 0.278 e. The van der Waals surface area contributed by atoms with Crippen molar-refractivity contribution in [3.05, 3.63) is 58.0 Å². The zero-order valence-corrected chi connectivity index (χ0v) is 12.3. The molecule has 1 N–H and O–H groups in total. The molecular formula is C16H17N3O3. The van der Waals surface area contributed by atoms with Crippen molar-refractivity contribution in [3.63, 3.8) is 0 Å². The van der Waals surface area contributed by atoms with E-state index in [1.807, 2.05) is 30.3 Å². The maximum atomic E-state index is 12.4. The molecule has 0 bridgehead atoms. The second kappa shape index (κ2) is 5.73. The van der Waals surface area contributed by atoms with Gasteiger partial charge in [-0.25, -0.2) is 4.68 Å². The van der Waals surface area contributed by atoms with E-state index in [1.165, 1.54) is 11.0 Å². The average molecular weight is 299 g/mol. The standard InChI is InChI=1S/C16H17N3O3/c1-11-9-14(21)15(16(22)18-8-7-13(20)10-18)17-19(11)12-5-3-2-4-6-12/h2-6,9,13,20H,7-8,10H2,1H3/t13-/m1/s1. The normalized spacial score (nSPS) is 17.7. The van der Waals surface area contributed by atoms with Crippen LogP contribution in [0.3, 0.4) is 0 Å². The number of hydrogen-bond donors (Lipinski definition) is 1.